The first-order valence-corrected chi connectivity index (χ1v) is 8.67. The summed E-state index contributed by atoms with van der Waals surface area (Å²) in [6.07, 6.45) is 8.24. The number of aryl methyl sites for hydroxylation is 1. The second-order valence-corrected chi connectivity index (χ2v) is 6.73. The Bertz CT molecular complexity index is 661. The smallest absolute Gasteiger partial charge is 0.129 e. The molecule has 0 unspecified atom stereocenters. The van der Waals surface area contributed by atoms with E-state index in [1.807, 2.05) is 6.07 Å². The first-order valence-electron chi connectivity index (χ1n) is 8.67. The van der Waals surface area contributed by atoms with E-state index in [2.05, 4.69) is 26.8 Å². The summed E-state index contributed by atoms with van der Waals surface area (Å²) in [4.78, 5) is 7.13. The van der Waals surface area contributed by atoms with E-state index >= 15 is 0 Å². The van der Waals surface area contributed by atoms with E-state index < -0.39 is 0 Å². The third-order valence-electron chi connectivity index (χ3n) is 5.08. The number of hydrogen-bond acceptors (Lipinski definition) is 4. The van der Waals surface area contributed by atoms with Crippen LogP contribution in [0.25, 0.3) is 0 Å². The molecule has 0 saturated carbocycles. The summed E-state index contributed by atoms with van der Waals surface area (Å²) in [5.74, 6) is 1.94. The van der Waals surface area contributed by atoms with Crippen molar-refractivity contribution in [2.24, 2.45) is 0 Å². The molecule has 1 aliphatic heterocycles. The molecular formula is C18H25N3O2. The lowest BCUT2D eigenvalue weighted by Gasteiger charge is -2.19. The molecule has 2 aromatic heterocycles. The molecule has 0 spiro atoms. The highest BCUT2D eigenvalue weighted by molar-refractivity contribution is 5.17. The zero-order valence-corrected chi connectivity index (χ0v) is 13.8. The second-order valence-electron chi connectivity index (χ2n) is 6.73. The lowest BCUT2D eigenvalue weighted by Crippen LogP contribution is -2.21. The molecule has 23 heavy (non-hydrogen) atoms. The minimum atomic E-state index is 0.545. The lowest BCUT2D eigenvalue weighted by atomic mass is 10.0. The first kappa shape index (κ1) is 15.0. The van der Waals surface area contributed by atoms with Gasteiger partial charge in [0.1, 0.15) is 18.1 Å². The summed E-state index contributed by atoms with van der Waals surface area (Å²) < 4.78 is 13.4. The fraction of sp³-hybridized carbons (Fsp3) is 0.611. The first-order chi connectivity index (χ1) is 11.3. The van der Waals surface area contributed by atoms with Gasteiger partial charge in [0.25, 0.3) is 0 Å². The van der Waals surface area contributed by atoms with Gasteiger partial charge in [-0.05, 0) is 44.2 Å². The number of ether oxygens (including phenoxy) is 1. The lowest BCUT2D eigenvalue weighted by molar-refractivity contribution is 0.160. The van der Waals surface area contributed by atoms with Crippen LogP contribution in [-0.2, 0) is 30.7 Å². The van der Waals surface area contributed by atoms with Crippen LogP contribution < -0.4 is 0 Å². The van der Waals surface area contributed by atoms with Crippen molar-refractivity contribution in [1.29, 1.82) is 0 Å². The second kappa shape index (κ2) is 6.49. The molecule has 5 nitrogen and oxygen atoms in total. The van der Waals surface area contributed by atoms with Crippen LogP contribution in [0.2, 0.25) is 0 Å². The van der Waals surface area contributed by atoms with Crippen molar-refractivity contribution in [3.63, 3.8) is 0 Å². The molecule has 0 aromatic carbocycles. The maximum Gasteiger partial charge on any atom is 0.129 e. The summed E-state index contributed by atoms with van der Waals surface area (Å²) in [6, 6.07) is 4.65. The molecule has 5 heteroatoms. The maximum absolute atomic E-state index is 5.82. The Labute approximate surface area is 137 Å². The van der Waals surface area contributed by atoms with E-state index in [-0.39, 0.29) is 0 Å². The summed E-state index contributed by atoms with van der Waals surface area (Å²) >= 11 is 0. The zero-order valence-electron chi connectivity index (χ0n) is 13.8. The van der Waals surface area contributed by atoms with Crippen molar-refractivity contribution < 1.29 is 9.15 Å². The number of fused-ring (bicyclic) bond motifs is 1. The number of likely N-dealkylation sites (tertiary alicyclic amines) is 1. The van der Waals surface area contributed by atoms with Crippen LogP contribution in [0.3, 0.4) is 0 Å². The van der Waals surface area contributed by atoms with Gasteiger partial charge in [-0.15, -0.1) is 0 Å². The SMILES string of the molecule is COCc1ccc(CN2CC[C@@H](n3cnc4c3CCCC4)C2)o1. The van der Waals surface area contributed by atoms with Gasteiger partial charge in [0.2, 0.25) is 0 Å². The van der Waals surface area contributed by atoms with Crippen molar-refractivity contribution in [1.82, 2.24) is 14.5 Å². The highest BCUT2D eigenvalue weighted by Gasteiger charge is 2.27. The molecule has 1 fully saturated rings. The number of aromatic nitrogens is 2. The summed E-state index contributed by atoms with van der Waals surface area (Å²) in [6.45, 7) is 3.64. The van der Waals surface area contributed by atoms with E-state index in [1.165, 1.54) is 37.1 Å². The molecule has 124 valence electrons. The van der Waals surface area contributed by atoms with Gasteiger partial charge in [-0.25, -0.2) is 4.98 Å². The number of imidazole rings is 1. The Morgan fingerprint density at radius 3 is 3.04 bits per heavy atom. The van der Waals surface area contributed by atoms with Crippen LogP contribution in [0.4, 0.5) is 0 Å². The van der Waals surface area contributed by atoms with Gasteiger partial charge in [-0.3, -0.25) is 4.90 Å². The summed E-state index contributed by atoms with van der Waals surface area (Å²) in [5, 5.41) is 0. The zero-order chi connectivity index (χ0) is 15.6. The highest BCUT2D eigenvalue weighted by atomic mass is 16.5. The van der Waals surface area contributed by atoms with Crippen LogP contribution in [-0.4, -0.2) is 34.7 Å². The monoisotopic (exact) mass is 315 g/mol. The third-order valence-corrected chi connectivity index (χ3v) is 5.08. The van der Waals surface area contributed by atoms with Crippen LogP contribution in [0, 0.1) is 0 Å². The predicted molar refractivity (Wildman–Crippen MR) is 87.2 cm³/mol. The average molecular weight is 315 g/mol. The standard InChI is InChI=1S/C18H25N3O2/c1-22-12-16-7-6-15(23-16)11-20-9-8-14(10-20)21-13-19-17-4-2-3-5-18(17)21/h6-7,13-14H,2-5,8-12H2,1H3/t14-/m1/s1. The van der Waals surface area contributed by atoms with Crippen molar-refractivity contribution in [2.75, 3.05) is 20.2 Å². The normalized spacial score (nSPS) is 21.7. The van der Waals surface area contributed by atoms with Gasteiger partial charge in [-0.1, -0.05) is 0 Å². The molecule has 3 heterocycles. The Hall–Kier alpha value is -1.59. The number of furan rings is 1. The topological polar surface area (TPSA) is 43.4 Å². The van der Waals surface area contributed by atoms with Gasteiger partial charge in [0.05, 0.1) is 18.6 Å². The van der Waals surface area contributed by atoms with Gasteiger partial charge >= 0.3 is 0 Å². The Balaban J connectivity index is 1.40. The molecular weight excluding hydrogens is 290 g/mol. The van der Waals surface area contributed by atoms with Crippen molar-refractivity contribution in [3.05, 3.63) is 41.4 Å². The van der Waals surface area contributed by atoms with Crippen LogP contribution in [0.5, 0.6) is 0 Å². The molecule has 1 aliphatic carbocycles. The number of rotatable bonds is 5. The molecule has 0 N–H and O–H groups in total. The molecule has 1 atom stereocenters. The Kier molecular flexibility index (Phi) is 4.23. The van der Waals surface area contributed by atoms with Crippen LogP contribution >= 0.6 is 0 Å². The largest absolute Gasteiger partial charge is 0.462 e. The van der Waals surface area contributed by atoms with Gasteiger partial charge in [0.15, 0.2) is 0 Å². The Morgan fingerprint density at radius 1 is 1.26 bits per heavy atom. The number of nitrogens with zero attached hydrogens (tertiary/aromatic N) is 3. The van der Waals surface area contributed by atoms with E-state index in [1.54, 1.807) is 7.11 Å². The average Bonchev–Trinajstić information content (AvgIpc) is 3.27. The van der Waals surface area contributed by atoms with E-state index in [9.17, 15) is 0 Å². The molecule has 0 bridgehead atoms. The van der Waals surface area contributed by atoms with E-state index in [0.29, 0.717) is 12.6 Å². The number of methoxy groups -OCH3 is 1. The molecule has 1 saturated heterocycles. The molecule has 2 aliphatic rings. The summed E-state index contributed by atoms with van der Waals surface area (Å²) in [5.41, 5.74) is 2.83. The molecule has 2 aromatic rings. The quantitative estimate of drug-likeness (QED) is 0.851. The van der Waals surface area contributed by atoms with Crippen molar-refractivity contribution in [3.8, 4) is 0 Å². The van der Waals surface area contributed by atoms with E-state index in [0.717, 1.165) is 37.6 Å². The van der Waals surface area contributed by atoms with Crippen molar-refractivity contribution in [2.45, 2.75) is 51.3 Å². The number of hydrogen-bond donors (Lipinski definition) is 0. The van der Waals surface area contributed by atoms with E-state index in [4.69, 9.17) is 9.15 Å². The fourth-order valence-electron chi connectivity index (χ4n) is 3.94. The minimum Gasteiger partial charge on any atom is -0.462 e. The fourth-order valence-corrected chi connectivity index (χ4v) is 3.94. The Morgan fingerprint density at radius 2 is 2.13 bits per heavy atom. The van der Waals surface area contributed by atoms with Gasteiger partial charge in [-0.2, -0.15) is 0 Å². The molecule has 0 radical (unpaired) electrons. The molecule has 4 rings (SSSR count). The van der Waals surface area contributed by atoms with Crippen LogP contribution in [0.15, 0.2) is 22.9 Å². The van der Waals surface area contributed by atoms with Crippen LogP contribution in [0.1, 0.15) is 48.2 Å². The van der Waals surface area contributed by atoms with Gasteiger partial charge < -0.3 is 13.7 Å². The third kappa shape index (κ3) is 3.08. The molecule has 0 amide bonds. The summed E-state index contributed by atoms with van der Waals surface area (Å²) in [7, 11) is 1.69. The minimum absolute atomic E-state index is 0.545. The predicted octanol–water partition coefficient (Wildman–Crippen LogP) is 2.95. The highest BCUT2D eigenvalue weighted by Crippen LogP contribution is 2.29. The van der Waals surface area contributed by atoms with Crippen molar-refractivity contribution >= 4 is 0 Å². The maximum atomic E-state index is 5.82. The van der Waals surface area contributed by atoms with Gasteiger partial charge in [0, 0.05) is 31.9 Å².